The fourth-order valence-corrected chi connectivity index (χ4v) is 1.11. The molecule has 72 valence electrons. The van der Waals surface area contributed by atoms with Gasteiger partial charge in [0, 0.05) is 0 Å². The summed E-state index contributed by atoms with van der Waals surface area (Å²) in [5.74, 6) is 0.676. The van der Waals surface area contributed by atoms with Gasteiger partial charge >= 0.3 is 0 Å². The maximum absolute atomic E-state index is 8.32. The van der Waals surface area contributed by atoms with Gasteiger partial charge in [0.25, 0.3) is 0 Å². The number of anilines is 1. The predicted octanol–water partition coefficient (Wildman–Crippen LogP) is 1.46. The molecular weight excluding hydrogens is 198 g/mol. The van der Waals surface area contributed by atoms with Crippen molar-refractivity contribution in [2.75, 3.05) is 12.4 Å². The van der Waals surface area contributed by atoms with Crippen molar-refractivity contribution in [2.24, 2.45) is 0 Å². The SMILES string of the molecule is COc1ccccc1NC(=S)NC#N. The van der Waals surface area contributed by atoms with Crippen LogP contribution in [0.25, 0.3) is 0 Å². The van der Waals surface area contributed by atoms with Gasteiger partial charge in [-0.1, -0.05) is 12.1 Å². The van der Waals surface area contributed by atoms with Crippen molar-refractivity contribution in [1.29, 1.82) is 5.26 Å². The summed E-state index contributed by atoms with van der Waals surface area (Å²) in [6.45, 7) is 0. The minimum absolute atomic E-state index is 0.247. The minimum Gasteiger partial charge on any atom is -0.495 e. The van der Waals surface area contributed by atoms with Gasteiger partial charge < -0.3 is 10.1 Å². The Balaban J connectivity index is 2.76. The molecule has 0 unspecified atom stereocenters. The number of thiocarbonyl (C=S) groups is 1. The highest BCUT2D eigenvalue weighted by molar-refractivity contribution is 7.80. The molecule has 14 heavy (non-hydrogen) atoms. The van der Waals surface area contributed by atoms with E-state index in [0.717, 1.165) is 5.69 Å². The molecule has 0 radical (unpaired) electrons. The van der Waals surface area contributed by atoms with E-state index in [1.165, 1.54) is 0 Å². The van der Waals surface area contributed by atoms with Crippen LogP contribution in [0.1, 0.15) is 0 Å². The summed E-state index contributed by atoms with van der Waals surface area (Å²) in [5, 5.41) is 13.7. The second kappa shape index (κ2) is 5.04. The van der Waals surface area contributed by atoms with Gasteiger partial charge in [0.1, 0.15) is 5.75 Å². The van der Waals surface area contributed by atoms with Gasteiger partial charge in [0.2, 0.25) is 0 Å². The van der Waals surface area contributed by atoms with Crippen LogP contribution in [0.2, 0.25) is 0 Å². The van der Waals surface area contributed by atoms with Crippen LogP contribution >= 0.6 is 12.2 Å². The molecular formula is C9H9N3OS. The van der Waals surface area contributed by atoms with E-state index in [-0.39, 0.29) is 5.11 Å². The number of nitrogens with zero attached hydrogens (tertiary/aromatic N) is 1. The quantitative estimate of drug-likeness (QED) is 0.437. The summed E-state index contributed by atoms with van der Waals surface area (Å²) < 4.78 is 5.09. The second-order valence-electron chi connectivity index (χ2n) is 2.39. The molecule has 0 aliphatic rings. The highest BCUT2D eigenvalue weighted by Gasteiger charge is 2.02. The first-order valence-electron chi connectivity index (χ1n) is 3.87. The fourth-order valence-electron chi connectivity index (χ4n) is 0.952. The number of nitrogens with one attached hydrogen (secondary N) is 2. The zero-order valence-corrected chi connectivity index (χ0v) is 8.39. The average Bonchev–Trinajstić information content (AvgIpc) is 2.19. The maximum atomic E-state index is 8.32. The fraction of sp³-hybridized carbons (Fsp3) is 0.111. The van der Waals surface area contributed by atoms with Crippen molar-refractivity contribution in [2.45, 2.75) is 0 Å². The third kappa shape index (κ3) is 2.61. The normalized spacial score (nSPS) is 8.57. The highest BCUT2D eigenvalue weighted by atomic mass is 32.1. The molecule has 1 aromatic rings. The molecule has 0 bridgehead atoms. The first kappa shape index (κ1) is 10.3. The van der Waals surface area contributed by atoms with Crippen molar-refractivity contribution in [3.8, 4) is 11.9 Å². The highest BCUT2D eigenvalue weighted by Crippen LogP contribution is 2.22. The van der Waals surface area contributed by atoms with Crippen molar-refractivity contribution in [1.82, 2.24) is 5.32 Å². The van der Waals surface area contributed by atoms with Crippen LogP contribution in [0.4, 0.5) is 5.69 Å². The predicted molar refractivity (Wildman–Crippen MR) is 58.0 cm³/mol. The molecule has 5 heteroatoms. The van der Waals surface area contributed by atoms with E-state index >= 15 is 0 Å². The summed E-state index contributed by atoms with van der Waals surface area (Å²) >= 11 is 4.84. The molecule has 0 heterocycles. The van der Waals surface area contributed by atoms with Crippen LogP contribution in [0.15, 0.2) is 24.3 Å². The second-order valence-corrected chi connectivity index (χ2v) is 2.80. The van der Waals surface area contributed by atoms with Gasteiger partial charge in [-0.2, -0.15) is 5.26 Å². The zero-order valence-electron chi connectivity index (χ0n) is 7.57. The third-order valence-electron chi connectivity index (χ3n) is 1.52. The number of benzene rings is 1. The summed E-state index contributed by atoms with van der Waals surface area (Å²) in [6, 6.07) is 7.31. The molecule has 1 aromatic carbocycles. The van der Waals surface area contributed by atoms with Gasteiger partial charge in [-0.25, -0.2) is 0 Å². The Hall–Kier alpha value is -1.80. The lowest BCUT2D eigenvalue weighted by Crippen LogP contribution is -2.23. The molecule has 0 saturated carbocycles. The topological polar surface area (TPSA) is 57.1 Å². The number of hydrogen-bond donors (Lipinski definition) is 2. The van der Waals surface area contributed by atoms with Crippen molar-refractivity contribution in [3.05, 3.63) is 24.3 Å². The Labute approximate surface area is 87.5 Å². The summed E-state index contributed by atoms with van der Waals surface area (Å²) in [6.07, 6.45) is 1.73. The molecule has 0 aliphatic heterocycles. The number of nitriles is 1. The smallest absolute Gasteiger partial charge is 0.184 e. The number of rotatable bonds is 2. The van der Waals surface area contributed by atoms with E-state index in [1.807, 2.05) is 18.2 Å². The largest absolute Gasteiger partial charge is 0.495 e. The van der Waals surface area contributed by atoms with Crippen LogP contribution in [-0.2, 0) is 0 Å². The number of ether oxygens (including phenoxy) is 1. The van der Waals surface area contributed by atoms with Crippen LogP contribution in [0.3, 0.4) is 0 Å². The molecule has 1 rings (SSSR count). The van der Waals surface area contributed by atoms with E-state index in [1.54, 1.807) is 19.4 Å². The van der Waals surface area contributed by atoms with Gasteiger partial charge in [-0.05, 0) is 24.4 Å². The molecule has 2 N–H and O–H groups in total. The number of hydrogen-bond acceptors (Lipinski definition) is 3. The number of para-hydroxylation sites is 2. The van der Waals surface area contributed by atoms with Crippen LogP contribution in [0, 0.1) is 11.5 Å². The Kier molecular flexibility index (Phi) is 3.70. The number of methoxy groups -OCH3 is 1. The summed E-state index contributed by atoms with van der Waals surface area (Å²) in [4.78, 5) is 0. The van der Waals surface area contributed by atoms with Gasteiger partial charge in [0.15, 0.2) is 11.3 Å². The van der Waals surface area contributed by atoms with E-state index in [0.29, 0.717) is 5.75 Å². The minimum atomic E-state index is 0.247. The van der Waals surface area contributed by atoms with Crippen LogP contribution in [0.5, 0.6) is 5.75 Å². The average molecular weight is 207 g/mol. The maximum Gasteiger partial charge on any atom is 0.184 e. The lowest BCUT2D eigenvalue weighted by Gasteiger charge is -2.09. The Bertz CT molecular complexity index is 373. The standard InChI is InChI=1S/C9H9N3OS/c1-13-8-5-3-2-4-7(8)12-9(14)11-6-10/h2-5H,1H3,(H2,11,12,14). The van der Waals surface area contributed by atoms with Gasteiger partial charge in [-0.3, -0.25) is 5.32 Å². The Morgan fingerprint density at radius 1 is 1.50 bits per heavy atom. The lowest BCUT2D eigenvalue weighted by atomic mass is 10.3. The summed E-state index contributed by atoms with van der Waals surface area (Å²) in [5.41, 5.74) is 0.725. The molecule has 0 saturated heterocycles. The van der Waals surface area contributed by atoms with Gasteiger partial charge in [0.05, 0.1) is 12.8 Å². The molecule has 0 aliphatic carbocycles. The molecule has 0 aromatic heterocycles. The third-order valence-corrected chi connectivity index (χ3v) is 1.73. The first-order valence-corrected chi connectivity index (χ1v) is 4.28. The molecule has 0 fully saturated rings. The van der Waals surface area contributed by atoms with Gasteiger partial charge in [-0.15, -0.1) is 0 Å². The van der Waals surface area contributed by atoms with E-state index in [2.05, 4.69) is 10.6 Å². The van der Waals surface area contributed by atoms with Crippen LogP contribution in [-0.4, -0.2) is 12.2 Å². The van der Waals surface area contributed by atoms with Crippen molar-refractivity contribution >= 4 is 23.0 Å². The van der Waals surface area contributed by atoms with Crippen molar-refractivity contribution in [3.63, 3.8) is 0 Å². The molecule has 0 spiro atoms. The Morgan fingerprint density at radius 2 is 2.21 bits per heavy atom. The van der Waals surface area contributed by atoms with Crippen molar-refractivity contribution < 1.29 is 4.74 Å². The molecule has 0 amide bonds. The molecule has 0 atom stereocenters. The van der Waals surface area contributed by atoms with Crippen LogP contribution < -0.4 is 15.4 Å². The molecule has 4 nitrogen and oxygen atoms in total. The Morgan fingerprint density at radius 3 is 2.86 bits per heavy atom. The monoisotopic (exact) mass is 207 g/mol. The first-order chi connectivity index (χ1) is 6.77. The lowest BCUT2D eigenvalue weighted by molar-refractivity contribution is 0.417. The van der Waals surface area contributed by atoms with E-state index in [4.69, 9.17) is 22.2 Å². The van der Waals surface area contributed by atoms with E-state index < -0.39 is 0 Å². The summed E-state index contributed by atoms with van der Waals surface area (Å²) in [7, 11) is 1.57. The van der Waals surface area contributed by atoms with E-state index in [9.17, 15) is 0 Å². The zero-order chi connectivity index (χ0) is 10.4.